The van der Waals surface area contributed by atoms with Gasteiger partial charge in [-0.05, 0) is 61.1 Å². The topological polar surface area (TPSA) is 75.2 Å². The third-order valence-corrected chi connectivity index (χ3v) is 7.07. The van der Waals surface area contributed by atoms with Crippen molar-refractivity contribution in [3.8, 4) is 0 Å². The molecule has 34 heavy (non-hydrogen) atoms. The molecule has 1 aliphatic rings. The van der Waals surface area contributed by atoms with Crippen LogP contribution in [0.15, 0.2) is 48.7 Å². The fraction of sp³-hybridized carbons (Fsp3) is 0.385. The summed E-state index contributed by atoms with van der Waals surface area (Å²) in [5.74, 6) is -1.05. The molecule has 0 saturated heterocycles. The minimum atomic E-state index is -0.934. The Hall–Kier alpha value is -3.13. The van der Waals surface area contributed by atoms with Crippen LogP contribution in [0, 0.1) is 19.7 Å². The molecule has 2 amide bonds. The molecule has 1 N–H and O–H groups in total. The van der Waals surface area contributed by atoms with Crippen LogP contribution in [-0.2, 0) is 11.3 Å². The van der Waals surface area contributed by atoms with E-state index in [0.29, 0.717) is 5.56 Å². The SMILES string of the molecule is Cc1cccc(CN(C(=O)c2cnsn2)[C@@H](C(=O)NC2CCCCC2)c2ccc(F)cc2)c1C. The highest BCUT2D eigenvalue weighted by molar-refractivity contribution is 6.99. The van der Waals surface area contributed by atoms with Crippen LogP contribution in [-0.4, -0.2) is 31.5 Å². The Balaban J connectivity index is 1.75. The number of amides is 2. The molecule has 4 rings (SSSR count). The Morgan fingerprint density at radius 1 is 1.12 bits per heavy atom. The molecular weight excluding hydrogens is 451 g/mol. The van der Waals surface area contributed by atoms with Crippen LogP contribution in [0.5, 0.6) is 0 Å². The molecule has 8 heteroatoms. The normalized spacial score (nSPS) is 15.0. The standard InChI is InChI=1S/C26H29FN4O2S/c1-17-7-6-8-20(18(17)2)16-31(26(33)23-15-28-34-30-23)24(19-11-13-21(27)14-12-19)25(32)29-22-9-4-3-5-10-22/h6-8,11-15,22,24H,3-5,9-10,16H2,1-2H3,(H,29,32)/t24-/m1/s1. The van der Waals surface area contributed by atoms with Gasteiger partial charge in [0.05, 0.1) is 17.9 Å². The first-order valence-electron chi connectivity index (χ1n) is 11.6. The summed E-state index contributed by atoms with van der Waals surface area (Å²) < 4.78 is 21.9. The van der Waals surface area contributed by atoms with E-state index >= 15 is 0 Å². The van der Waals surface area contributed by atoms with Crippen molar-refractivity contribution in [2.24, 2.45) is 0 Å². The molecule has 1 heterocycles. The van der Waals surface area contributed by atoms with Crippen LogP contribution in [0.25, 0.3) is 0 Å². The van der Waals surface area contributed by atoms with E-state index in [1.54, 1.807) is 12.1 Å². The van der Waals surface area contributed by atoms with Crippen molar-refractivity contribution < 1.29 is 14.0 Å². The molecule has 1 saturated carbocycles. The van der Waals surface area contributed by atoms with Crippen molar-refractivity contribution in [3.63, 3.8) is 0 Å². The maximum Gasteiger partial charge on any atom is 0.276 e. The van der Waals surface area contributed by atoms with Crippen LogP contribution in [0.3, 0.4) is 0 Å². The van der Waals surface area contributed by atoms with Crippen LogP contribution in [0.1, 0.15) is 70.9 Å². The van der Waals surface area contributed by atoms with Crippen molar-refractivity contribution >= 4 is 23.5 Å². The fourth-order valence-corrected chi connectivity index (χ4v) is 4.91. The molecule has 1 atom stereocenters. The number of halogens is 1. The summed E-state index contributed by atoms with van der Waals surface area (Å²) in [7, 11) is 0. The number of hydrogen-bond acceptors (Lipinski definition) is 5. The third kappa shape index (κ3) is 5.50. The van der Waals surface area contributed by atoms with Crippen molar-refractivity contribution in [2.45, 2.75) is 64.6 Å². The van der Waals surface area contributed by atoms with Crippen molar-refractivity contribution in [3.05, 3.63) is 82.4 Å². The summed E-state index contributed by atoms with van der Waals surface area (Å²) in [6.45, 7) is 4.24. The van der Waals surface area contributed by atoms with Gasteiger partial charge in [0.25, 0.3) is 5.91 Å². The average Bonchev–Trinajstić information content (AvgIpc) is 3.38. The zero-order valence-electron chi connectivity index (χ0n) is 19.5. The molecule has 1 aliphatic carbocycles. The van der Waals surface area contributed by atoms with Crippen molar-refractivity contribution in [1.29, 1.82) is 0 Å². The number of benzene rings is 2. The van der Waals surface area contributed by atoms with Crippen LogP contribution in [0.2, 0.25) is 0 Å². The minimum Gasteiger partial charge on any atom is -0.351 e. The summed E-state index contributed by atoms with van der Waals surface area (Å²) in [5.41, 5.74) is 3.84. The fourth-order valence-electron chi connectivity index (χ4n) is 4.50. The van der Waals surface area contributed by atoms with E-state index in [4.69, 9.17) is 0 Å². The molecule has 0 bridgehead atoms. The maximum absolute atomic E-state index is 13.8. The number of nitrogens with one attached hydrogen (secondary N) is 1. The Bertz CT molecular complexity index is 1130. The lowest BCUT2D eigenvalue weighted by Gasteiger charge is -2.33. The highest BCUT2D eigenvalue weighted by Crippen LogP contribution is 2.28. The molecule has 1 aromatic heterocycles. The first-order chi connectivity index (χ1) is 16.4. The van der Waals surface area contributed by atoms with Gasteiger partial charge >= 0.3 is 0 Å². The predicted molar refractivity (Wildman–Crippen MR) is 130 cm³/mol. The monoisotopic (exact) mass is 480 g/mol. The van der Waals surface area contributed by atoms with E-state index in [2.05, 4.69) is 14.1 Å². The lowest BCUT2D eigenvalue weighted by molar-refractivity contribution is -0.127. The molecule has 0 radical (unpaired) electrons. The largest absolute Gasteiger partial charge is 0.351 e. The number of aromatic nitrogens is 2. The van der Waals surface area contributed by atoms with Crippen LogP contribution >= 0.6 is 11.7 Å². The van der Waals surface area contributed by atoms with Crippen molar-refractivity contribution in [2.75, 3.05) is 0 Å². The summed E-state index contributed by atoms with van der Waals surface area (Å²) in [5, 5.41) is 3.16. The summed E-state index contributed by atoms with van der Waals surface area (Å²) in [4.78, 5) is 28.9. The van der Waals surface area contributed by atoms with E-state index < -0.39 is 11.9 Å². The first-order valence-corrected chi connectivity index (χ1v) is 12.4. The summed E-state index contributed by atoms with van der Waals surface area (Å²) in [6, 6.07) is 10.8. The van der Waals surface area contributed by atoms with Gasteiger partial charge in [-0.25, -0.2) is 4.39 Å². The number of carbonyl (C=O) groups excluding carboxylic acids is 2. The number of rotatable bonds is 7. The Kier molecular flexibility index (Phi) is 7.67. The van der Waals surface area contributed by atoms with E-state index in [-0.39, 0.29) is 30.1 Å². The predicted octanol–water partition coefficient (Wildman–Crippen LogP) is 5.13. The number of hydrogen-bond donors (Lipinski definition) is 1. The van der Waals surface area contributed by atoms with Gasteiger partial charge in [-0.1, -0.05) is 49.6 Å². The maximum atomic E-state index is 13.8. The minimum absolute atomic E-state index is 0.0720. The molecule has 178 valence electrons. The Morgan fingerprint density at radius 3 is 2.53 bits per heavy atom. The lowest BCUT2D eigenvalue weighted by Crippen LogP contribution is -2.47. The molecular formula is C26H29FN4O2S. The smallest absolute Gasteiger partial charge is 0.276 e. The molecule has 6 nitrogen and oxygen atoms in total. The van der Waals surface area contributed by atoms with Gasteiger partial charge in [0.1, 0.15) is 11.9 Å². The number of carbonyl (C=O) groups is 2. The van der Waals surface area contributed by atoms with E-state index in [0.717, 1.165) is 54.1 Å². The second-order valence-electron chi connectivity index (χ2n) is 8.88. The third-order valence-electron chi connectivity index (χ3n) is 6.60. The molecule has 0 unspecified atom stereocenters. The van der Waals surface area contributed by atoms with Gasteiger partial charge in [-0.15, -0.1) is 0 Å². The van der Waals surface area contributed by atoms with Gasteiger partial charge < -0.3 is 10.2 Å². The molecule has 1 fully saturated rings. The molecule has 0 aliphatic heterocycles. The number of aryl methyl sites for hydroxylation is 1. The van der Waals surface area contributed by atoms with Gasteiger partial charge in [0.15, 0.2) is 5.69 Å². The van der Waals surface area contributed by atoms with E-state index in [9.17, 15) is 14.0 Å². The first kappa shape index (κ1) is 24.0. The van der Waals surface area contributed by atoms with Crippen LogP contribution < -0.4 is 5.32 Å². The Labute approximate surface area is 203 Å². The summed E-state index contributed by atoms with van der Waals surface area (Å²) >= 11 is 0.946. The zero-order chi connectivity index (χ0) is 24.1. The van der Waals surface area contributed by atoms with Gasteiger partial charge in [0.2, 0.25) is 5.91 Å². The quantitative estimate of drug-likeness (QED) is 0.509. The molecule has 0 spiro atoms. The van der Waals surface area contributed by atoms with E-state index in [1.165, 1.54) is 29.7 Å². The second kappa shape index (κ2) is 10.9. The highest BCUT2D eigenvalue weighted by Gasteiger charge is 2.34. The van der Waals surface area contributed by atoms with Crippen molar-refractivity contribution in [1.82, 2.24) is 19.0 Å². The molecule has 2 aromatic carbocycles. The molecule has 3 aromatic rings. The van der Waals surface area contributed by atoms with Gasteiger partial charge in [-0.2, -0.15) is 8.75 Å². The number of nitrogens with zero attached hydrogens (tertiary/aromatic N) is 3. The lowest BCUT2D eigenvalue weighted by atomic mass is 9.94. The average molecular weight is 481 g/mol. The second-order valence-corrected chi connectivity index (χ2v) is 9.44. The van der Waals surface area contributed by atoms with Crippen LogP contribution in [0.4, 0.5) is 4.39 Å². The van der Waals surface area contributed by atoms with Gasteiger partial charge in [0, 0.05) is 12.6 Å². The summed E-state index contributed by atoms with van der Waals surface area (Å²) in [6.07, 6.45) is 6.57. The highest BCUT2D eigenvalue weighted by atomic mass is 32.1. The Morgan fingerprint density at radius 2 is 1.85 bits per heavy atom. The van der Waals surface area contributed by atoms with E-state index in [1.807, 2.05) is 32.0 Å². The van der Waals surface area contributed by atoms with Gasteiger partial charge in [-0.3, -0.25) is 9.59 Å². The zero-order valence-corrected chi connectivity index (χ0v) is 20.3.